The molecule has 3 aliphatic heterocycles. The Labute approximate surface area is 483 Å². The van der Waals surface area contributed by atoms with E-state index >= 15 is 0 Å². The summed E-state index contributed by atoms with van der Waals surface area (Å²) in [5.41, 5.74) is 22.2. The standard InChI is InChI=1S/C76H74BN3Si/c1-73(2,3)51-32-39-56(40-33-51)78(55-24-16-13-17-25-55)59-47-68-72-69(48-59)80(58-43-36-53(37-44-58)75(7,8)9)67-50-71-63(62-30-22-23-31-70(62)81(71,60-26-18-14-19-27-60)61-28-20-15-21-29-61)49-65(67)77(72)64-46-54(76(10,11)12)38-45-66(64)79(68)57-41-34-52(35-42-57)74(4,5)6/h13-50H,1-12H3. The van der Waals surface area contributed by atoms with Crippen LogP contribution < -0.4 is 51.8 Å². The number of rotatable bonds is 7. The van der Waals surface area contributed by atoms with Crippen molar-refractivity contribution in [1.82, 2.24) is 0 Å². The minimum Gasteiger partial charge on any atom is -0.311 e. The number of fused-ring (bicyclic) bond motifs is 7. The Bertz CT molecular complexity index is 3970. The van der Waals surface area contributed by atoms with Crippen molar-refractivity contribution in [2.45, 2.75) is 105 Å². The average molecular weight is 1070 g/mol. The number of para-hydroxylation sites is 1. The number of anilines is 9. The number of hydrogen-bond acceptors (Lipinski definition) is 3. The molecule has 0 amide bonds. The quantitative estimate of drug-likeness (QED) is 0.147. The second kappa shape index (κ2) is 19.0. The van der Waals surface area contributed by atoms with Crippen molar-refractivity contribution in [3.05, 3.63) is 253 Å². The summed E-state index contributed by atoms with van der Waals surface area (Å²) in [5.74, 6) is 0. The Morgan fingerprint density at radius 1 is 0.321 bits per heavy atom. The van der Waals surface area contributed by atoms with Gasteiger partial charge in [-0.05, 0) is 165 Å². The largest absolute Gasteiger partial charge is 0.311 e. The van der Waals surface area contributed by atoms with Crippen LogP contribution in [0.4, 0.5) is 51.2 Å². The van der Waals surface area contributed by atoms with Gasteiger partial charge in [0.2, 0.25) is 0 Å². The van der Waals surface area contributed by atoms with E-state index in [0.717, 1.165) is 28.4 Å². The van der Waals surface area contributed by atoms with Crippen molar-refractivity contribution in [2.75, 3.05) is 14.7 Å². The van der Waals surface area contributed by atoms with Crippen molar-refractivity contribution in [2.24, 2.45) is 0 Å². The van der Waals surface area contributed by atoms with E-state index in [1.54, 1.807) is 0 Å². The molecular formula is C76H74BN3Si. The van der Waals surface area contributed by atoms with Gasteiger partial charge in [0.05, 0.1) is 5.69 Å². The van der Waals surface area contributed by atoms with Crippen LogP contribution in [0.15, 0.2) is 231 Å². The summed E-state index contributed by atoms with van der Waals surface area (Å²) in [6.45, 7) is 27.8. The van der Waals surface area contributed by atoms with E-state index in [1.807, 2.05) is 0 Å². The third-order valence-electron chi connectivity index (χ3n) is 17.7. The molecule has 0 bridgehead atoms. The maximum Gasteiger partial charge on any atom is 0.252 e. The third-order valence-corrected chi connectivity index (χ3v) is 22.6. The van der Waals surface area contributed by atoms with Crippen LogP contribution in [0.25, 0.3) is 11.1 Å². The zero-order valence-corrected chi connectivity index (χ0v) is 50.4. The van der Waals surface area contributed by atoms with E-state index < -0.39 is 8.07 Å². The van der Waals surface area contributed by atoms with Crippen molar-refractivity contribution in [3.63, 3.8) is 0 Å². The highest BCUT2D eigenvalue weighted by Gasteiger charge is 2.52. The van der Waals surface area contributed by atoms with Gasteiger partial charge in [0.1, 0.15) is 0 Å². The van der Waals surface area contributed by atoms with E-state index in [9.17, 15) is 0 Å². The second-order valence-corrected chi connectivity index (χ2v) is 30.8. The van der Waals surface area contributed by atoms with Crippen LogP contribution >= 0.6 is 0 Å². The normalized spacial score (nSPS) is 14.2. The second-order valence-electron chi connectivity index (χ2n) is 27.1. The monoisotopic (exact) mass is 1070 g/mol. The summed E-state index contributed by atoms with van der Waals surface area (Å²) in [7, 11) is -2.93. The minimum absolute atomic E-state index is 0.00381. The molecule has 3 aliphatic rings. The zero-order valence-electron chi connectivity index (χ0n) is 49.4. The van der Waals surface area contributed by atoms with E-state index in [0.29, 0.717) is 0 Å². The Morgan fingerprint density at radius 2 is 0.741 bits per heavy atom. The number of hydrogen-bond donors (Lipinski definition) is 0. The highest BCUT2D eigenvalue weighted by atomic mass is 28.3. The van der Waals surface area contributed by atoms with Crippen LogP contribution in [-0.4, -0.2) is 14.8 Å². The summed E-state index contributed by atoms with van der Waals surface area (Å²) in [4.78, 5) is 7.73. The van der Waals surface area contributed by atoms with E-state index in [1.165, 1.54) is 93.3 Å². The molecule has 5 heteroatoms. The first-order chi connectivity index (χ1) is 38.7. The number of benzene rings is 10. The lowest BCUT2D eigenvalue weighted by molar-refractivity contribution is 0.590. The van der Waals surface area contributed by atoms with Gasteiger partial charge in [-0.3, -0.25) is 0 Å². The first-order valence-corrected chi connectivity index (χ1v) is 31.2. The van der Waals surface area contributed by atoms with Crippen LogP contribution in [0.5, 0.6) is 0 Å². The first kappa shape index (κ1) is 52.3. The lowest BCUT2D eigenvalue weighted by atomic mass is 9.33. The van der Waals surface area contributed by atoms with Gasteiger partial charge in [0.25, 0.3) is 6.71 Å². The highest BCUT2D eigenvalue weighted by Crippen LogP contribution is 2.50. The molecule has 0 fully saturated rings. The molecule has 10 aromatic carbocycles. The summed E-state index contributed by atoms with van der Waals surface area (Å²) in [6, 6.07) is 89.3. The molecule has 0 saturated carbocycles. The van der Waals surface area contributed by atoms with Crippen molar-refractivity contribution in [3.8, 4) is 11.1 Å². The summed E-state index contributed by atoms with van der Waals surface area (Å²) in [6.07, 6.45) is 0. The lowest BCUT2D eigenvalue weighted by Gasteiger charge is -2.46. The molecule has 0 aliphatic carbocycles. The van der Waals surface area contributed by atoms with Gasteiger partial charge in [0.15, 0.2) is 8.07 Å². The predicted molar refractivity (Wildman–Crippen MR) is 353 cm³/mol. The summed E-state index contributed by atoms with van der Waals surface area (Å²) >= 11 is 0. The van der Waals surface area contributed by atoms with Gasteiger partial charge < -0.3 is 14.7 Å². The molecule has 81 heavy (non-hydrogen) atoms. The molecule has 400 valence electrons. The van der Waals surface area contributed by atoms with Crippen molar-refractivity contribution in [1.29, 1.82) is 0 Å². The lowest BCUT2D eigenvalue weighted by Crippen LogP contribution is -2.73. The van der Waals surface area contributed by atoms with Gasteiger partial charge in [-0.15, -0.1) is 0 Å². The predicted octanol–water partition coefficient (Wildman–Crippen LogP) is 15.8. The van der Waals surface area contributed by atoms with E-state index in [2.05, 4.69) is 328 Å². The Balaban J connectivity index is 1.19. The van der Waals surface area contributed by atoms with Crippen LogP contribution in [0.2, 0.25) is 0 Å². The fraction of sp³-hybridized carbons (Fsp3) is 0.211. The van der Waals surface area contributed by atoms with E-state index in [-0.39, 0.29) is 28.4 Å². The third kappa shape index (κ3) is 8.61. The molecule has 0 spiro atoms. The summed E-state index contributed by atoms with van der Waals surface area (Å²) in [5, 5.41) is 5.67. The smallest absolute Gasteiger partial charge is 0.252 e. The molecule has 13 rings (SSSR count). The molecule has 0 N–H and O–H groups in total. The van der Waals surface area contributed by atoms with E-state index in [4.69, 9.17) is 0 Å². The topological polar surface area (TPSA) is 9.72 Å². The zero-order chi connectivity index (χ0) is 56.4. The SMILES string of the molecule is CC(C)(C)c1ccc(N(c2ccccc2)c2cc3c4c(c2)N(c2ccc(C(C)(C)C)cc2)c2cc5c(cc2B4c2cc(C(C)(C)C)ccc2N3c2ccc(C(C)(C)C)cc2)-c2ccccc2[Si]5(c2ccccc2)c2ccccc2)cc1. The minimum atomic E-state index is -2.93. The average Bonchev–Trinajstić information content (AvgIpc) is 3.70. The fourth-order valence-electron chi connectivity index (χ4n) is 13.4. The maximum atomic E-state index is 2.68. The summed E-state index contributed by atoms with van der Waals surface area (Å²) < 4.78 is 0. The Kier molecular flexibility index (Phi) is 12.3. The Morgan fingerprint density at radius 3 is 1.25 bits per heavy atom. The molecule has 10 aromatic rings. The van der Waals surface area contributed by atoms with Crippen LogP contribution in [-0.2, 0) is 21.7 Å². The van der Waals surface area contributed by atoms with Crippen LogP contribution in [0, 0.1) is 0 Å². The van der Waals surface area contributed by atoms with Gasteiger partial charge in [0, 0.05) is 45.5 Å². The van der Waals surface area contributed by atoms with Crippen LogP contribution in [0.3, 0.4) is 0 Å². The van der Waals surface area contributed by atoms with Gasteiger partial charge >= 0.3 is 0 Å². The molecule has 0 atom stereocenters. The van der Waals surface area contributed by atoms with Crippen LogP contribution in [0.1, 0.15) is 105 Å². The molecule has 3 heterocycles. The molecule has 3 nitrogen and oxygen atoms in total. The first-order valence-electron chi connectivity index (χ1n) is 29.2. The molecule has 0 saturated heterocycles. The Hall–Kier alpha value is -8.12. The highest BCUT2D eigenvalue weighted by molar-refractivity contribution is 7.22. The molecule has 0 unspecified atom stereocenters. The molecular weight excluding hydrogens is 994 g/mol. The maximum absolute atomic E-state index is 2.93. The van der Waals surface area contributed by atoms with Crippen molar-refractivity contribution < 1.29 is 0 Å². The molecule has 0 aromatic heterocycles. The van der Waals surface area contributed by atoms with Gasteiger partial charge in [-0.1, -0.05) is 241 Å². The van der Waals surface area contributed by atoms with Gasteiger partial charge in [-0.25, -0.2) is 0 Å². The van der Waals surface area contributed by atoms with Gasteiger partial charge in [-0.2, -0.15) is 0 Å². The molecule has 0 radical (unpaired) electrons. The fourth-order valence-corrected chi connectivity index (χ4v) is 18.6. The number of nitrogens with zero attached hydrogens (tertiary/aromatic N) is 3. The van der Waals surface area contributed by atoms with Crippen molar-refractivity contribution >= 4 is 103 Å².